The topological polar surface area (TPSA) is 0 Å². The zero-order valence-electron chi connectivity index (χ0n) is 10.7. The highest BCUT2D eigenvalue weighted by Gasteiger charge is 2.18. The summed E-state index contributed by atoms with van der Waals surface area (Å²) in [4.78, 5) is 0. The minimum Gasteiger partial charge on any atom is -0.269 e. The summed E-state index contributed by atoms with van der Waals surface area (Å²) in [6.07, 6.45) is 5.79. The second kappa shape index (κ2) is 9.69. The fourth-order valence-electron chi connectivity index (χ4n) is 2.24. The molecule has 0 aromatic carbocycles. The Bertz CT molecular complexity index is 105. The maximum Gasteiger partial charge on any atom is 0.0419 e. The quantitative estimate of drug-likeness (QED) is 0.428. The van der Waals surface area contributed by atoms with Gasteiger partial charge in [-0.1, -0.05) is 77.4 Å². The molecular formula is C12H29FSi. The molecule has 0 aliphatic carbocycles. The van der Waals surface area contributed by atoms with Crippen LogP contribution in [0.4, 0.5) is 4.70 Å². The van der Waals surface area contributed by atoms with E-state index in [1.165, 1.54) is 25.7 Å². The van der Waals surface area contributed by atoms with Crippen molar-refractivity contribution in [3.8, 4) is 0 Å². The Morgan fingerprint density at radius 1 is 0.857 bits per heavy atom. The molecule has 0 fully saturated rings. The van der Waals surface area contributed by atoms with Gasteiger partial charge in [0.2, 0.25) is 0 Å². The van der Waals surface area contributed by atoms with Gasteiger partial charge in [-0.25, -0.2) is 0 Å². The Balaban J connectivity index is 0. The molecule has 0 N–H and O–H groups in total. The first-order valence-corrected chi connectivity index (χ1v) is 8.24. The average Bonchev–Trinajstić information content (AvgIpc) is 2.02. The highest BCUT2D eigenvalue weighted by molar-refractivity contribution is 6.61. The van der Waals surface area contributed by atoms with E-state index in [1.807, 2.05) is 0 Å². The molecule has 0 amide bonds. The van der Waals surface area contributed by atoms with E-state index < -0.39 is 8.80 Å². The van der Waals surface area contributed by atoms with Crippen LogP contribution in [0.15, 0.2) is 0 Å². The monoisotopic (exact) mass is 220 g/mol. The van der Waals surface area contributed by atoms with E-state index in [0.717, 1.165) is 11.1 Å². The first kappa shape index (κ1) is 16.6. The predicted octanol–water partition coefficient (Wildman–Crippen LogP) is 4.77. The Hall–Kier alpha value is 0.147. The Morgan fingerprint density at radius 2 is 1.36 bits per heavy atom. The molecule has 0 spiro atoms. The van der Waals surface area contributed by atoms with E-state index in [-0.39, 0.29) is 4.70 Å². The van der Waals surface area contributed by atoms with E-state index in [4.69, 9.17) is 0 Å². The van der Waals surface area contributed by atoms with Gasteiger partial charge in [0.05, 0.1) is 0 Å². The third kappa shape index (κ3) is 7.54. The molecule has 0 atom stereocenters. The van der Waals surface area contributed by atoms with E-state index in [1.54, 1.807) is 6.04 Å². The van der Waals surface area contributed by atoms with Crippen LogP contribution in [-0.4, -0.2) is 8.80 Å². The lowest BCUT2D eigenvalue weighted by molar-refractivity contribution is 0.692. The maximum atomic E-state index is 2.43. The van der Waals surface area contributed by atoms with Gasteiger partial charge >= 0.3 is 0 Å². The second-order valence-corrected chi connectivity index (χ2v) is 9.57. The van der Waals surface area contributed by atoms with E-state index in [2.05, 4.69) is 34.6 Å². The Morgan fingerprint density at radius 3 is 1.71 bits per heavy atom. The standard InChI is InChI=1S/C12H28Si.FH/c1-6-7-8-9-10-13(11(2)3)12(4)5;/h11-13H,6-10H2,1-5H3;1H. The van der Waals surface area contributed by atoms with Crippen molar-refractivity contribution in [3.05, 3.63) is 0 Å². The molecule has 0 unspecified atom stereocenters. The molecule has 0 saturated carbocycles. The summed E-state index contributed by atoms with van der Waals surface area (Å²) >= 11 is 0. The molecule has 0 aromatic rings. The molecule has 0 bridgehead atoms. The summed E-state index contributed by atoms with van der Waals surface area (Å²) in [6.45, 7) is 12.0. The summed E-state index contributed by atoms with van der Waals surface area (Å²) in [5.74, 6) is 0. The van der Waals surface area contributed by atoms with Crippen molar-refractivity contribution in [2.75, 3.05) is 0 Å². The Kier molecular flexibility index (Phi) is 11.5. The zero-order chi connectivity index (χ0) is 10.3. The minimum atomic E-state index is -0.423. The Labute approximate surface area is 91.5 Å². The van der Waals surface area contributed by atoms with Gasteiger partial charge in [0.15, 0.2) is 0 Å². The summed E-state index contributed by atoms with van der Waals surface area (Å²) in [5.41, 5.74) is 2.00. The molecule has 0 rings (SSSR count). The molecule has 0 aromatic heterocycles. The highest BCUT2D eigenvalue weighted by Crippen LogP contribution is 2.25. The molecule has 0 aliphatic heterocycles. The van der Waals surface area contributed by atoms with Gasteiger partial charge < -0.3 is 0 Å². The lowest BCUT2D eigenvalue weighted by Crippen LogP contribution is -2.20. The van der Waals surface area contributed by atoms with Crippen molar-refractivity contribution in [3.63, 3.8) is 0 Å². The first-order valence-electron chi connectivity index (χ1n) is 6.09. The van der Waals surface area contributed by atoms with Crippen LogP contribution in [0.2, 0.25) is 17.1 Å². The van der Waals surface area contributed by atoms with Crippen molar-refractivity contribution in [2.24, 2.45) is 0 Å². The van der Waals surface area contributed by atoms with Crippen LogP contribution in [0.3, 0.4) is 0 Å². The summed E-state index contributed by atoms with van der Waals surface area (Å²) in [7, 11) is -0.423. The van der Waals surface area contributed by atoms with Crippen molar-refractivity contribution < 1.29 is 4.70 Å². The summed E-state index contributed by atoms with van der Waals surface area (Å²) in [5, 5.41) is 0. The van der Waals surface area contributed by atoms with Crippen molar-refractivity contribution >= 4 is 8.80 Å². The van der Waals surface area contributed by atoms with Crippen molar-refractivity contribution in [1.82, 2.24) is 0 Å². The van der Waals surface area contributed by atoms with E-state index in [0.29, 0.717) is 0 Å². The third-order valence-electron chi connectivity index (χ3n) is 3.10. The summed E-state index contributed by atoms with van der Waals surface area (Å²) < 4.78 is 0. The van der Waals surface area contributed by atoms with Crippen LogP contribution < -0.4 is 0 Å². The number of unbranched alkanes of at least 4 members (excludes halogenated alkanes) is 3. The molecule has 14 heavy (non-hydrogen) atoms. The normalized spacial score (nSPS) is 11.1. The van der Waals surface area contributed by atoms with Crippen LogP contribution in [-0.2, 0) is 0 Å². The molecule has 0 aliphatic rings. The van der Waals surface area contributed by atoms with E-state index >= 15 is 0 Å². The number of rotatable bonds is 7. The maximum absolute atomic E-state index is 2.43. The smallest absolute Gasteiger partial charge is 0.0419 e. The fraction of sp³-hybridized carbons (Fsp3) is 1.00. The van der Waals surface area contributed by atoms with Crippen LogP contribution in [0.25, 0.3) is 0 Å². The SMILES string of the molecule is CCCCCC[SiH](C(C)C)C(C)C.F. The van der Waals surface area contributed by atoms with Gasteiger partial charge in [-0.2, -0.15) is 0 Å². The zero-order valence-corrected chi connectivity index (χ0v) is 11.8. The number of hydrogen-bond donors (Lipinski definition) is 0. The van der Waals surface area contributed by atoms with Gasteiger partial charge in [-0.3, -0.25) is 4.70 Å². The van der Waals surface area contributed by atoms with Crippen molar-refractivity contribution in [1.29, 1.82) is 0 Å². The predicted molar refractivity (Wildman–Crippen MR) is 68.8 cm³/mol. The van der Waals surface area contributed by atoms with E-state index in [9.17, 15) is 0 Å². The minimum absolute atomic E-state index is 0. The largest absolute Gasteiger partial charge is 0.269 e. The molecule has 88 valence electrons. The highest BCUT2D eigenvalue weighted by atomic mass is 28.3. The van der Waals surface area contributed by atoms with Gasteiger partial charge in [0.25, 0.3) is 0 Å². The van der Waals surface area contributed by atoms with Crippen LogP contribution in [0.1, 0.15) is 60.3 Å². The molecule has 0 saturated heterocycles. The molecule has 0 heterocycles. The fourth-order valence-corrected chi connectivity index (χ4v) is 5.88. The first-order chi connectivity index (χ1) is 6.09. The number of hydrogen-bond acceptors (Lipinski definition) is 0. The molecule has 0 nitrogen and oxygen atoms in total. The van der Waals surface area contributed by atoms with Gasteiger partial charge in [0, 0.05) is 8.80 Å². The molecular weight excluding hydrogens is 191 g/mol. The van der Waals surface area contributed by atoms with Crippen LogP contribution >= 0.6 is 0 Å². The number of halogens is 1. The van der Waals surface area contributed by atoms with Gasteiger partial charge in [-0.15, -0.1) is 0 Å². The molecule has 0 radical (unpaired) electrons. The lowest BCUT2D eigenvalue weighted by Gasteiger charge is -2.22. The van der Waals surface area contributed by atoms with Gasteiger partial charge in [0.1, 0.15) is 0 Å². The summed E-state index contributed by atoms with van der Waals surface area (Å²) in [6, 6.07) is 1.58. The van der Waals surface area contributed by atoms with Gasteiger partial charge in [-0.05, 0) is 0 Å². The van der Waals surface area contributed by atoms with Crippen LogP contribution in [0, 0.1) is 0 Å². The van der Waals surface area contributed by atoms with Crippen LogP contribution in [0.5, 0.6) is 0 Å². The average molecular weight is 220 g/mol. The van der Waals surface area contributed by atoms with Crippen molar-refractivity contribution in [2.45, 2.75) is 77.4 Å². The molecule has 2 heteroatoms. The second-order valence-electron chi connectivity index (χ2n) is 5.00. The lowest BCUT2D eigenvalue weighted by atomic mass is 10.2. The third-order valence-corrected chi connectivity index (χ3v) is 7.60.